The molecule has 0 atom stereocenters. The number of benzene rings is 4. The van der Waals surface area contributed by atoms with Gasteiger partial charge in [-0.25, -0.2) is 0 Å². The van der Waals surface area contributed by atoms with Crippen molar-refractivity contribution in [1.82, 2.24) is 4.98 Å². The summed E-state index contributed by atoms with van der Waals surface area (Å²) in [6, 6.07) is 28.8. The van der Waals surface area contributed by atoms with Gasteiger partial charge in [-0.15, -0.1) is 0 Å². The van der Waals surface area contributed by atoms with Crippen LogP contribution in [-0.2, 0) is 11.2 Å². The number of methoxy groups -OCH3 is 1. The first-order valence-corrected chi connectivity index (χ1v) is 14.7. The van der Waals surface area contributed by atoms with Crippen molar-refractivity contribution >= 4 is 46.2 Å². The number of carbonyl (C=O) groups excluding carboxylic acids is 2. The van der Waals surface area contributed by atoms with Crippen molar-refractivity contribution in [1.29, 1.82) is 0 Å². The zero-order valence-corrected chi connectivity index (χ0v) is 24.5. The average Bonchev–Trinajstić information content (AvgIpc) is 3.00. The highest BCUT2D eigenvalue weighted by molar-refractivity contribution is 7.99. The predicted octanol–water partition coefficient (Wildman–Crippen LogP) is 8.12. The van der Waals surface area contributed by atoms with Crippen molar-refractivity contribution in [3.05, 3.63) is 108 Å². The number of nitrogens with zero attached hydrogens (tertiary/aromatic N) is 1. The third kappa shape index (κ3) is 6.81. The lowest BCUT2D eigenvalue weighted by Crippen LogP contribution is -2.14. The van der Waals surface area contributed by atoms with Crippen LogP contribution in [0.3, 0.4) is 0 Å². The molecule has 1 aromatic heterocycles. The van der Waals surface area contributed by atoms with Crippen LogP contribution in [-0.4, -0.2) is 24.3 Å². The van der Waals surface area contributed by atoms with Crippen LogP contribution in [0.2, 0.25) is 0 Å². The summed E-state index contributed by atoms with van der Waals surface area (Å²) in [7, 11) is 1.62. The number of primary amides is 1. The fraction of sp³-hybridized carbons (Fsp3) is 0.171. The normalized spacial score (nSPS) is 10.9. The fourth-order valence-electron chi connectivity index (χ4n) is 4.97. The van der Waals surface area contributed by atoms with Gasteiger partial charge in [0.2, 0.25) is 0 Å². The second-order valence-corrected chi connectivity index (χ2v) is 11.3. The summed E-state index contributed by atoms with van der Waals surface area (Å²) in [5.74, 6) is 0.153. The van der Waals surface area contributed by atoms with Gasteiger partial charge in [-0.05, 0) is 84.8 Å². The van der Waals surface area contributed by atoms with Crippen LogP contribution >= 0.6 is 11.8 Å². The lowest BCUT2D eigenvalue weighted by molar-refractivity contribution is -0.107. The van der Waals surface area contributed by atoms with Crippen LogP contribution in [0.25, 0.3) is 22.0 Å². The maximum Gasteiger partial charge on any atom is 0.252 e. The molecule has 212 valence electrons. The highest BCUT2D eigenvalue weighted by Crippen LogP contribution is 2.38. The maximum absolute atomic E-state index is 12.4. The Labute approximate surface area is 250 Å². The molecule has 0 fully saturated rings. The highest BCUT2D eigenvalue weighted by atomic mass is 32.2. The van der Waals surface area contributed by atoms with E-state index < -0.39 is 5.91 Å². The number of carbonyl (C=O) groups is 2. The number of amides is 1. The van der Waals surface area contributed by atoms with E-state index in [4.69, 9.17) is 10.5 Å². The number of hydrogen-bond acceptors (Lipinski definition) is 6. The number of unbranched alkanes of at least 4 members (excludes halogenated alkanes) is 2. The first kappa shape index (κ1) is 28.9. The second kappa shape index (κ2) is 13.4. The largest absolute Gasteiger partial charge is 0.497 e. The molecular weight excluding hydrogens is 542 g/mol. The molecule has 5 aromatic rings. The number of nitrogens with one attached hydrogen (secondary N) is 1. The third-order valence-electron chi connectivity index (χ3n) is 7.13. The number of fused-ring (bicyclic) bond motifs is 1. The zero-order chi connectivity index (χ0) is 29.5. The predicted molar refractivity (Wildman–Crippen MR) is 171 cm³/mol. The van der Waals surface area contributed by atoms with E-state index >= 15 is 0 Å². The molecule has 3 N–H and O–H groups in total. The molecule has 0 aliphatic rings. The van der Waals surface area contributed by atoms with Crippen LogP contribution in [0.4, 0.5) is 11.4 Å². The summed E-state index contributed by atoms with van der Waals surface area (Å²) in [6.07, 6.45) is 6.07. The summed E-state index contributed by atoms with van der Waals surface area (Å²) >= 11 is 1.66. The quantitative estimate of drug-likeness (QED) is 0.115. The first-order chi connectivity index (χ1) is 20.4. The summed E-state index contributed by atoms with van der Waals surface area (Å²) in [5.41, 5.74) is 12.9. The maximum atomic E-state index is 12.4. The van der Waals surface area contributed by atoms with Crippen molar-refractivity contribution in [2.24, 2.45) is 5.73 Å². The van der Waals surface area contributed by atoms with Gasteiger partial charge in [0.15, 0.2) is 0 Å². The SMILES string of the molecule is COc1cccc(Nc2c(C(N)=O)cnc3c(C)cc(Sc4cccc(-c5ccc(CCCCC=O)cc5)c4)cc23)c1. The number of ether oxygens (including phenoxy) is 1. The number of hydrogen-bond donors (Lipinski definition) is 2. The molecule has 1 amide bonds. The van der Waals surface area contributed by atoms with E-state index in [-0.39, 0.29) is 0 Å². The van der Waals surface area contributed by atoms with E-state index in [2.05, 4.69) is 71.0 Å². The molecule has 0 saturated carbocycles. The number of anilines is 2. The summed E-state index contributed by atoms with van der Waals surface area (Å²) in [4.78, 5) is 29.7. The molecule has 7 heteroatoms. The van der Waals surface area contributed by atoms with Crippen molar-refractivity contribution < 1.29 is 14.3 Å². The summed E-state index contributed by atoms with van der Waals surface area (Å²) in [5, 5.41) is 4.21. The topological polar surface area (TPSA) is 94.3 Å². The molecule has 0 aliphatic carbocycles. The Bertz CT molecular complexity index is 1730. The molecule has 0 radical (unpaired) electrons. The van der Waals surface area contributed by atoms with Crippen LogP contribution < -0.4 is 15.8 Å². The lowest BCUT2D eigenvalue weighted by Gasteiger charge is -2.16. The zero-order valence-electron chi connectivity index (χ0n) is 23.7. The summed E-state index contributed by atoms with van der Waals surface area (Å²) < 4.78 is 5.38. The van der Waals surface area contributed by atoms with Gasteiger partial charge in [-0.2, -0.15) is 0 Å². The van der Waals surface area contributed by atoms with Gasteiger partial charge in [0.1, 0.15) is 12.0 Å². The Morgan fingerprint density at radius 3 is 2.52 bits per heavy atom. The minimum Gasteiger partial charge on any atom is -0.497 e. The molecule has 1 heterocycles. The highest BCUT2D eigenvalue weighted by Gasteiger charge is 2.16. The Morgan fingerprint density at radius 2 is 1.76 bits per heavy atom. The van der Waals surface area contributed by atoms with Gasteiger partial charge < -0.3 is 20.6 Å². The van der Waals surface area contributed by atoms with Crippen LogP contribution in [0, 0.1) is 6.92 Å². The van der Waals surface area contributed by atoms with Crippen molar-refractivity contribution in [2.75, 3.05) is 12.4 Å². The van der Waals surface area contributed by atoms with E-state index in [1.165, 1.54) is 11.8 Å². The standard InChI is InChI=1S/C35H33N3O3S/c1-23-18-30(42-29-12-6-9-26(19-29)25-15-13-24(14-16-25)8-4-3-5-17-39)21-31-33(23)37-22-32(35(36)40)34(31)38-27-10-7-11-28(20-27)41-2/h6-7,9-22H,3-5,8H2,1-2H3,(H2,36,40)(H,37,38). The number of aryl methyl sites for hydroxylation is 2. The number of aldehydes is 1. The Morgan fingerprint density at radius 1 is 0.952 bits per heavy atom. The van der Waals surface area contributed by atoms with E-state index in [9.17, 15) is 9.59 Å². The van der Waals surface area contributed by atoms with Gasteiger partial charge in [0, 0.05) is 39.5 Å². The van der Waals surface area contributed by atoms with E-state index in [1.54, 1.807) is 18.9 Å². The minimum absolute atomic E-state index is 0.320. The summed E-state index contributed by atoms with van der Waals surface area (Å²) in [6.45, 7) is 2.02. The number of aromatic nitrogens is 1. The molecule has 0 aliphatic heterocycles. The number of nitrogens with two attached hydrogens (primary N) is 1. The number of pyridine rings is 1. The molecule has 0 unspecified atom stereocenters. The average molecular weight is 576 g/mol. The van der Waals surface area contributed by atoms with Crippen molar-refractivity contribution in [3.8, 4) is 16.9 Å². The van der Waals surface area contributed by atoms with E-state index in [1.807, 2.05) is 31.2 Å². The second-order valence-electron chi connectivity index (χ2n) is 10.1. The van der Waals surface area contributed by atoms with E-state index in [0.29, 0.717) is 23.4 Å². The monoisotopic (exact) mass is 575 g/mol. The van der Waals surface area contributed by atoms with Gasteiger partial charge in [-0.3, -0.25) is 9.78 Å². The van der Waals surface area contributed by atoms with Gasteiger partial charge in [0.25, 0.3) is 5.91 Å². The van der Waals surface area contributed by atoms with E-state index in [0.717, 1.165) is 68.6 Å². The molecule has 0 spiro atoms. The van der Waals surface area contributed by atoms with Crippen LogP contribution in [0.15, 0.2) is 101 Å². The van der Waals surface area contributed by atoms with Gasteiger partial charge in [-0.1, -0.05) is 54.2 Å². The Balaban J connectivity index is 1.44. The molecular formula is C35H33N3O3S. The molecule has 4 aromatic carbocycles. The first-order valence-electron chi connectivity index (χ1n) is 13.9. The lowest BCUT2D eigenvalue weighted by atomic mass is 10.0. The van der Waals surface area contributed by atoms with Crippen molar-refractivity contribution in [2.45, 2.75) is 42.4 Å². The van der Waals surface area contributed by atoms with Gasteiger partial charge in [0.05, 0.1) is 23.9 Å². The smallest absolute Gasteiger partial charge is 0.252 e. The van der Waals surface area contributed by atoms with Crippen molar-refractivity contribution in [3.63, 3.8) is 0 Å². The van der Waals surface area contributed by atoms with Crippen LogP contribution in [0.5, 0.6) is 5.75 Å². The molecule has 0 bridgehead atoms. The molecule has 6 nitrogen and oxygen atoms in total. The van der Waals surface area contributed by atoms with Crippen LogP contribution in [0.1, 0.15) is 40.7 Å². The Hall–Kier alpha value is -4.62. The fourth-order valence-corrected chi connectivity index (χ4v) is 5.99. The number of rotatable bonds is 12. The third-order valence-corrected chi connectivity index (χ3v) is 8.10. The Kier molecular flexibility index (Phi) is 9.19. The molecule has 0 saturated heterocycles. The molecule has 42 heavy (non-hydrogen) atoms. The minimum atomic E-state index is -0.551. The molecule has 5 rings (SSSR count). The van der Waals surface area contributed by atoms with Gasteiger partial charge >= 0.3 is 0 Å².